The van der Waals surface area contributed by atoms with Crippen LogP contribution < -0.4 is 18.9 Å². The van der Waals surface area contributed by atoms with E-state index in [1.165, 1.54) is 4.90 Å². The first kappa shape index (κ1) is 49.7. The number of allylic oxidation sites excluding steroid dienone is 2. The molecule has 1 N–H and O–H groups in total. The van der Waals surface area contributed by atoms with E-state index in [1.807, 2.05) is 69.3 Å². The van der Waals surface area contributed by atoms with Gasteiger partial charge in [-0.3, -0.25) is 23.9 Å². The number of carbonyl (C=O) groups excluding carboxylic acids is 4. The van der Waals surface area contributed by atoms with Crippen molar-refractivity contribution in [2.75, 3.05) is 13.7 Å². The summed E-state index contributed by atoms with van der Waals surface area (Å²) in [7, 11) is -2.51. The maximum atomic E-state index is 15.1. The van der Waals surface area contributed by atoms with Gasteiger partial charge in [0.25, 0.3) is 0 Å². The topological polar surface area (TPSA) is 167 Å². The van der Waals surface area contributed by atoms with Crippen molar-refractivity contribution in [2.24, 2.45) is 29.1 Å². The van der Waals surface area contributed by atoms with Crippen LogP contribution in [-0.2, 0) is 33.9 Å². The van der Waals surface area contributed by atoms with Crippen molar-refractivity contribution < 1.29 is 59.7 Å². The van der Waals surface area contributed by atoms with Crippen molar-refractivity contribution in [3.63, 3.8) is 0 Å². The minimum atomic E-state index is -4.88. The monoisotopic (exact) mass is 953 g/mol. The van der Waals surface area contributed by atoms with Crippen molar-refractivity contribution >= 4 is 44.4 Å². The Kier molecular flexibility index (Phi) is 13.9. The quantitative estimate of drug-likeness (QED) is 0.136. The van der Waals surface area contributed by atoms with E-state index >= 15 is 4.79 Å². The molecular formula is C50H62F3N3O10S. The molecule has 2 aromatic carbocycles. The van der Waals surface area contributed by atoms with Crippen LogP contribution in [0, 0.1) is 29.1 Å². The van der Waals surface area contributed by atoms with Gasteiger partial charge in [-0.1, -0.05) is 26.0 Å². The molecule has 17 heteroatoms. The molecule has 4 aliphatic rings. The molecule has 364 valence electrons. The van der Waals surface area contributed by atoms with Crippen molar-refractivity contribution in [3.05, 3.63) is 60.7 Å². The summed E-state index contributed by atoms with van der Waals surface area (Å²) in [6, 6.07) is 13.4. The Balaban J connectivity index is 1.26. The standard InChI is InChI=1S/C50H62F3N3O10S/c1-29(2)64-35-15-13-32(14-16-35)40-23-33-22-36(63-8)17-18-38(33)44(54-40)65-37-24-41-42(57)27-49(46(60)55-67(61,62)48(7)19-20-48)26-34(49)12-10-9-11-30(3)21-31(4)39(45(59)56(41)28-37)25-43(58)66-47(5,6)50(51,52)53/h10,12-18,22-23,29-31,34,37,39,41H,9,11,19-21,24-28H2,1-8H3,(H,55,60)/b12-10-/t30-,31-,34-,37-,39+,41+,49-/m1/s1. The number of Topliss-reactive ketones (excluding diaryl/α,β-unsaturated/α-hetero) is 1. The molecule has 2 aliphatic carbocycles. The number of rotatable bonds is 12. The van der Waals surface area contributed by atoms with Crippen LogP contribution in [0.1, 0.15) is 106 Å². The number of benzene rings is 2. The normalized spacial score (nSPS) is 27.3. The SMILES string of the molecule is COc1ccc2c(O[C@@H]3C[C@H]4C(=O)C[C@]5(C(=O)NS(=O)(=O)C6(C)CC6)C[C@H]5/C=C\CC[C@@H](C)C[C@@H](C)[C@H](CC(=O)OC(C)(C)C(F)(F)F)C(=O)N4C3)nc(-c3ccc(OC(C)C)cc3)cc2c1. The lowest BCUT2D eigenvalue weighted by molar-refractivity contribution is -0.257. The Morgan fingerprint density at radius 3 is 2.33 bits per heavy atom. The largest absolute Gasteiger partial charge is 0.497 e. The molecule has 0 unspecified atom stereocenters. The van der Waals surface area contributed by atoms with Crippen LogP contribution in [0.5, 0.6) is 17.4 Å². The lowest BCUT2D eigenvalue weighted by Gasteiger charge is -2.33. The van der Waals surface area contributed by atoms with Gasteiger partial charge in [0, 0.05) is 23.8 Å². The maximum absolute atomic E-state index is 15.1. The van der Waals surface area contributed by atoms with Gasteiger partial charge < -0.3 is 23.8 Å². The van der Waals surface area contributed by atoms with E-state index in [2.05, 4.69) is 4.72 Å². The van der Waals surface area contributed by atoms with Crippen molar-refractivity contribution in [2.45, 2.75) is 141 Å². The van der Waals surface area contributed by atoms with Gasteiger partial charge in [0.15, 0.2) is 5.78 Å². The van der Waals surface area contributed by atoms with Gasteiger partial charge in [0.05, 0.1) is 54.0 Å². The molecule has 0 spiro atoms. The van der Waals surface area contributed by atoms with Crippen LogP contribution in [0.2, 0.25) is 0 Å². The number of hydrogen-bond acceptors (Lipinski definition) is 11. The fourth-order valence-corrected chi connectivity index (χ4v) is 10.7. The highest BCUT2D eigenvalue weighted by atomic mass is 32.2. The molecule has 0 radical (unpaired) electrons. The Bertz CT molecular complexity index is 2520. The van der Waals surface area contributed by atoms with Gasteiger partial charge >= 0.3 is 12.1 Å². The average Bonchev–Trinajstić information content (AvgIpc) is 4.13. The Morgan fingerprint density at radius 1 is 1.00 bits per heavy atom. The zero-order valence-corrected chi connectivity index (χ0v) is 40.2. The summed E-state index contributed by atoms with van der Waals surface area (Å²) in [5.41, 5.74) is -2.95. The van der Waals surface area contributed by atoms with Gasteiger partial charge in [0.1, 0.15) is 17.6 Å². The van der Waals surface area contributed by atoms with Gasteiger partial charge in [-0.05, 0) is 145 Å². The van der Waals surface area contributed by atoms with Crippen molar-refractivity contribution in [1.29, 1.82) is 0 Å². The van der Waals surface area contributed by atoms with Crippen molar-refractivity contribution in [3.8, 4) is 28.6 Å². The van der Waals surface area contributed by atoms with E-state index in [0.717, 1.165) is 24.8 Å². The van der Waals surface area contributed by atoms with Crippen LogP contribution in [-0.4, -0.2) is 90.3 Å². The number of pyridine rings is 1. The molecule has 67 heavy (non-hydrogen) atoms. The summed E-state index contributed by atoms with van der Waals surface area (Å²) >= 11 is 0. The minimum Gasteiger partial charge on any atom is -0.497 e. The van der Waals surface area contributed by atoms with Gasteiger partial charge in [-0.15, -0.1) is 0 Å². The number of aromatic nitrogens is 1. The fraction of sp³-hybridized carbons (Fsp3) is 0.580. The number of ketones is 1. The number of fused-ring (bicyclic) bond motifs is 3. The molecule has 1 saturated heterocycles. The third-order valence-corrected chi connectivity index (χ3v) is 16.2. The first-order valence-electron chi connectivity index (χ1n) is 23.1. The Labute approximate surface area is 390 Å². The first-order chi connectivity index (χ1) is 31.3. The summed E-state index contributed by atoms with van der Waals surface area (Å²) < 4.78 is 92.8. The summed E-state index contributed by atoms with van der Waals surface area (Å²) in [5, 5.41) is 1.33. The van der Waals surface area contributed by atoms with Gasteiger partial charge in [-0.2, -0.15) is 13.2 Å². The summed E-state index contributed by atoms with van der Waals surface area (Å²) in [5.74, 6) is -3.89. The lowest BCUT2D eigenvalue weighted by atomic mass is 9.82. The molecule has 13 nitrogen and oxygen atoms in total. The number of carbonyl (C=O) groups is 4. The fourth-order valence-electron chi connectivity index (χ4n) is 9.35. The second-order valence-corrected chi connectivity index (χ2v) is 22.4. The third-order valence-electron chi connectivity index (χ3n) is 14.0. The predicted molar refractivity (Wildman–Crippen MR) is 245 cm³/mol. The number of hydrogen-bond donors (Lipinski definition) is 1. The number of esters is 1. The number of nitrogens with zero attached hydrogens (tertiary/aromatic N) is 2. The molecule has 1 aromatic heterocycles. The number of sulfonamides is 1. The van der Waals surface area contributed by atoms with E-state index < -0.39 is 98.3 Å². The number of alkyl halides is 3. The van der Waals surface area contributed by atoms with Gasteiger partial charge in [0.2, 0.25) is 33.3 Å². The number of methoxy groups -OCH3 is 1. The molecular weight excluding hydrogens is 892 g/mol. The predicted octanol–water partition coefficient (Wildman–Crippen LogP) is 8.91. The molecule has 2 saturated carbocycles. The lowest BCUT2D eigenvalue weighted by Crippen LogP contribution is -2.48. The summed E-state index contributed by atoms with van der Waals surface area (Å²) in [4.78, 5) is 63.9. The van der Waals surface area contributed by atoms with E-state index in [4.69, 9.17) is 23.9 Å². The summed E-state index contributed by atoms with van der Waals surface area (Å²) in [6.45, 7) is 10.5. The number of halogens is 3. The van der Waals surface area contributed by atoms with E-state index in [1.54, 1.807) is 33.1 Å². The van der Waals surface area contributed by atoms with Crippen LogP contribution in [0.25, 0.3) is 22.0 Å². The Morgan fingerprint density at radius 2 is 1.69 bits per heavy atom. The molecule has 0 bridgehead atoms. The van der Waals surface area contributed by atoms with E-state index in [9.17, 15) is 36.0 Å². The average molecular weight is 954 g/mol. The maximum Gasteiger partial charge on any atom is 0.427 e. The molecule has 2 amide bonds. The second kappa shape index (κ2) is 18.7. The zero-order valence-electron chi connectivity index (χ0n) is 39.4. The molecule has 2 aliphatic heterocycles. The zero-order chi connectivity index (χ0) is 48.9. The Hall–Kier alpha value is -5.19. The number of nitrogens with one attached hydrogen (secondary N) is 1. The highest BCUT2D eigenvalue weighted by Gasteiger charge is 2.63. The molecule has 3 aromatic rings. The second-order valence-electron chi connectivity index (χ2n) is 20.2. The highest BCUT2D eigenvalue weighted by Crippen LogP contribution is 2.58. The van der Waals surface area contributed by atoms with Crippen LogP contribution in [0.4, 0.5) is 13.2 Å². The molecule has 3 fully saturated rings. The summed E-state index contributed by atoms with van der Waals surface area (Å²) in [6.07, 6.45) is -0.501. The molecule has 3 heterocycles. The first-order valence-corrected chi connectivity index (χ1v) is 24.6. The molecule has 7 atom stereocenters. The third kappa shape index (κ3) is 10.8. The van der Waals surface area contributed by atoms with E-state index in [-0.39, 0.29) is 37.3 Å². The van der Waals surface area contributed by atoms with Gasteiger partial charge in [-0.25, -0.2) is 13.4 Å². The van der Waals surface area contributed by atoms with E-state index in [0.29, 0.717) is 54.7 Å². The minimum absolute atomic E-state index is 0.00400. The smallest absolute Gasteiger partial charge is 0.427 e. The number of amides is 2. The van der Waals surface area contributed by atoms with Crippen molar-refractivity contribution in [1.82, 2.24) is 14.6 Å². The van der Waals surface area contributed by atoms with Crippen LogP contribution in [0.15, 0.2) is 60.7 Å². The highest BCUT2D eigenvalue weighted by molar-refractivity contribution is 7.91. The van der Waals surface area contributed by atoms with Crippen LogP contribution in [0.3, 0.4) is 0 Å². The number of ether oxygens (including phenoxy) is 4. The molecule has 7 rings (SSSR count). The van der Waals surface area contributed by atoms with Crippen LogP contribution >= 0.6 is 0 Å².